The number of hydrogen-bond donors (Lipinski definition) is 1. The average Bonchev–Trinajstić information content (AvgIpc) is 2.63. The number of rotatable bonds is 5. The van der Waals surface area contributed by atoms with Gasteiger partial charge in [-0.25, -0.2) is 0 Å². The first kappa shape index (κ1) is 14.8. The van der Waals surface area contributed by atoms with Gasteiger partial charge in [0.1, 0.15) is 0 Å². The lowest BCUT2D eigenvalue weighted by molar-refractivity contribution is -0.130. The van der Waals surface area contributed by atoms with E-state index >= 15 is 0 Å². The monoisotopic (exact) mass is 269 g/mol. The maximum Gasteiger partial charge on any atom is 0.241 e. The maximum absolute atomic E-state index is 12.3. The standard InChI is InChI=1S/C14H27N3O2/c1-11(2)10-13-14(18)17(12(3)15-13)5-4-16-6-8-19-9-7-16/h11-13,15H,4-10H2,1-3H3. The Morgan fingerprint density at radius 3 is 2.63 bits per heavy atom. The van der Waals surface area contributed by atoms with E-state index in [-0.39, 0.29) is 18.1 Å². The summed E-state index contributed by atoms with van der Waals surface area (Å²) in [5.41, 5.74) is 0. The molecule has 0 radical (unpaired) electrons. The molecule has 2 rings (SSSR count). The molecule has 0 aliphatic carbocycles. The minimum absolute atomic E-state index is 0.0136. The highest BCUT2D eigenvalue weighted by Crippen LogP contribution is 2.16. The molecule has 1 amide bonds. The first-order valence-electron chi connectivity index (χ1n) is 7.44. The predicted octanol–water partition coefficient (Wildman–Crippen LogP) is 0.511. The van der Waals surface area contributed by atoms with Crippen molar-refractivity contribution in [1.29, 1.82) is 0 Å². The van der Waals surface area contributed by atoms with Gasteiger partial charge in [0.2, 0.25) is 5.91 Å². The lowest BCUT2D eigenvalue weighted by atomic mass is 10.0. The lowest BCUT2D eigenvalue weighted by Gasteiger charge is -2.29. The summed E-state index contributed by atoms with van der Waals surface area (Å²) in [5.74, 6) is 0.822. The Morgan fingerprint density at radius 2 is 2.00 bits per heavy atom. The van der Waals surface area contributed by atoms with Gasteiger partial charge in [0.05, 0.1) is 25.4 Å². The normalized spacial score (nSPS) is 29.5. The van der Waals surface area contributed by atoms with Crippen LogP contribution in [0.5, 0.6) is 0 Å². The number of carbonyl (C=O) groups excluding carboxylic acids is 1. The summed E-state index contributed by atoms with van der Waals surface area (Å²) in [4.78, 5) is 16.7. The molecule has 2 saturated heterocycles. The van der Waals surface area contributed by atoms with Gasteiger partial charge in [-0.05, 0) is 19.3 Å². The molecule has 2 aliphatic rings. The highest BCUT2D eigenvalue weighted by molar-refractivity contribution is 5.84. The second-order valence-corrected chi connectivity index (χ2v) is 6.01. The van der Waals surface area contributed by atoms with E-state index in [1.54, 1.807) is 0 Å². The minimum Gasteiger partial charge on any atom is -0.379 e. The molecular formula is C14H27N3O2. The van der Waals surface area contributed by atoms with Gasteiger partial charge in [0.15, 0.2) is 0 Å². The number of amides is 1. The molecule has 0 bridgehead atoms. The summed E-state index contributed by atoms with van der Waals surface area (Å²) in [6.45, 7) is 11.8. The Labute approximate surface area is 116 Å². The molecule has 2 fully saturated rings. The van der Waals surface area contributed by atoms with Crippen LogP contribution >= 0.6 is 0 Å². The molecule has 1 N–H and O–H groups in total. The van der Waals surface area contributed by atoms with Crippen molar-refractivity contribution in [2.45, 2.75) is 39.4 Å². The molecule has 2 aliphatic heterocycles. The van der Waals surface area contributed by atoms with Crippen LogP contribution in [0.4, 0.5) is 0 Å². The zero-order valence-electron chi connectivity index (χ0n) is 12.4. The SMILES string of the molecule is CC(C)CC1NC(C)N(CCN2CCOCC2)C1=O. The van der Waals surface area contributed by atoms with Crippen molar-refractivity contribution in [1.82, 2.24) is 15.1 Å². The summed E-state index contributed by atoms with van der Waals surface area (Å²) in [6, 6.07) is 0.0136. The molecule has 0 aromatic heterocycles. The molecule has 2 atom stereocenters. The first-order valence-corrected chi connectivity index (χ1v) is 7.44. The summed E-state index contributed by atoms with van der Waals surface area (Å²) in [7, 11) is 0. The smallest absolute Gasteiger partial charge is 0.241 e. The van der Waals surface area contributed by atoms with Gasteiger partial charge in [-0.1, -0.05) is 13.8 Å². The molecule has 19 heavy (non-hydrogen) atoms. The number of nitrogens with zero attached hydrogens (tertiary/aromatic N) is 2. The fourth-order valence-corrected chi connectivity index (χ4v) is 2.86. The van der Waals surface area contributed by atoms with Gasteiger partial charge in [-0.2, -0.15) is 0 Å². The van der Waals surface area contributed by atoms with Crippen molar-refractivity contribution >= 4 is 5.91 Å². The zero-order chi connectivity index (χ0) is 13.8. The Bertz CT molecular complexity index is 303. The Hall–Kier alpha value is -0.650. The maximum atomic E-state index is 12.3. The second kappa shape index (κ2) is 6.68. The molecule has 5 heteroatoms. The highest BCUT2D eigenvalue weighted by atomic mass is 16.5. The number of nitrogens with one attached hydrogen (secondary N) is 1. The van der Waals surface area contributed by atoms with Crippen LogP contribution in [-0.2, 0) is 9.53 Å². The van der Waals surface area contributed by atoms with Crippen LogP contribution in [-0.4, -0.2) is 67.3 Å². The number of ether oxygens (including phenoxy) is 1. The van der Waals surface area contributed by atoms with Gasteiger partial charge in [0, 0.05) is 26.2 Å². The Morgan fingerprint density at radius 1 is 1.32 bits per heavy atom. The lowest BCUT2D eigenvalue weighted by Crippen LogP contribution is -2.44. The van der Waals surface area contributed by atoms with Crippen molar-refractivity contribution in [3.63, 3.8) is 0 Å². The van der Waals surface area contributed by atoms with E-state index in [9.17, 15) is 4.79 Å². The van der Waals surface area contributed by atoms with Crippen LogP contribution in [0.1, 0.15) is 27.2 Å². The summed E-state index contributed by atoms with van der Waals surface area (Å²) >= 11 is 0. The predicted molar refractivity (Wildman–Crippen MR) is 74.8 cm³/mol. The van der Waals surface area contributed by atoms with Crippen LogP contribution in [0, 0.1) is 5.92 Å². The molecule has 0 aromatic carbocycles. The Balaban J connectivity index is 1.80. The summed E-state index contributed by atoms with van der Waals surface area (Å²) < 4.78 is 5.34. The average molecular weight is 269 g/mol. The fourth-order valence-electron chi connectivity index (χ4n) is 2.86. The van der Waals surface area contributed by atoms with Crippen molar-refractivity contribution in [2.24, 2.45) is 5.92 Å². The highest BCUT2D eigenvalue weighted by Gasteiger charge is 2.36. The molecule has 0 spiro atoms. The van der Waals surface area contributed by atoms with Gasteiger partial charge in [-0.3, -0.25) is 15.0 Å². The third-order valence-corrected chi connectivity index (χ3v) is 3.96. The molecule has 0 saturated carbocycles. The Kier molecular flexibility index (Phi) is 5.19. The minimum atomic E-state index is 0.0136. The van der Waals surface area contributed by atoms with Crippen molar-refractivity contribution in [3.8, 4) is 0 Å². The van der Waals surface area contributed by atoms with Crippen LogP contribution in [0.3, 0.4) is 0 Å². The quantitative estimate of drug-likeness (QED) is 0.790. The van der Waals surface area contributed by atoms with E-state index < -0.39 is 0 Å². The summed E-state index contributed by atoms with van der Waals surface area (Å²) in [6.07, 6.45) is 1.09. The van der Waals surface area contributed by atoms with Crippen LogP contribution < -0.4 is 5.32 Å². The summed E-state index contributed by atoms with van der Waals surface area (Å²) in [5, 5.41) is 3.41. The molecule has 2 heterocycles. The van der Waals surface area contributed by atoms with Crippen molar-refractivity contribution < 1.29 is 9.53 Å². The van der Waals surface area contributed by atoms with E-state index in [1.807, 2.05) is 4.90 Å². The number of morpholine rings is 1. The van der Waals surface area contributed by atoms with E-state index in [0.29, 0.717) is 5.92 Å². The fraction of sp³-hybridized carbons (Fsp3) is 0.929. The number of carbonyl (C=O) groups is 1. The second-order valence-electron chi connectivity index (χ2n) is 6.01. The van der Waals surface area contributed by atoms with E-state index in [2.05, 4.69) is 31.0 Å². The van der Waals surface area contributed by atoms with E-state index in [4.69, 9.17) is 4.74 Å². The third-order valence-electron chi connectivity index (χ3n) is 3.96. The van der Waals surface area contributed by atoms with Crippen LogP contribution in [0.15, 0.2) is 0 Å². The van der Waals surface area contributed by atoms with Crippen molar-refractivity contribution in [3.05, 3.63) is 0 Å². The van der Waals surface area contributed by atoms with Gasteiger partial charge < -0.3 is 9.64 Å². The molecule has 110 valence electrons. The molecular weight excluding hydrogens is 242 g/mol. The van der Waals surface area contributed by atoms with Gasteiger partial charge in [0.25, 0.3) is 0 Å². The van der Waals surface area contributed by atoms with Crippen molar-refractivity contribution in [2.75, 3.05) is 39.4 Å². The van der Waals surface area contributed by atoms with Crippen LogP contribution in [0.2, 0.25) is 0 Å². The first-order chi connectivity index (χ1) is 9.08. The van der Waals surface area contributed by atoms with Gasteiger partial charge in [-0.15, -0.1) is 0 Å². The largest absolute Gasteiger partial charge is 0.379 e. The van der Waals surface area contributed by atoms with E-state index in [1.165, 1.54) is 0 Å². The molecule has 5 nitrogen and oxygen atoms in total. The topological polar surface area (TPSA) is 44.8 Å². The van der Waals surface area contributed by atoms with Crippen LogP contribution in [0.25, 0.3) is 0 Å². The third kappa shape index (κ3) is 3.91. The molecule has 2 unspecified atom stereocenters. The number of hydrogen-bond acceptors (Lipinski definition) is 4. The van der Waals surface area contributed by atoms with E-state index in [0.717, 1.165) is 45.8 Å². The van der Waals surface area contributed by atoms with Gasteiger partial charge >= 0.3 is 0 Å². The molecule has 0 aromatic rings. The zero-order valence-corrected chi connectivity index (χ0v) is 12.4.